The molecule has 1 aliphatic heterocycles. The number of likely N-dealkylation sites (tertiary alicyclic amines) is 1. The number of benzene rings is 1. The molecule has 4 rings (SSSR count). The van der Waals surface area contributed by atoms with Gasteiger partial charge in [0.2, 0.25) is 0 Å². The summed E-state index contributed by atoms with van der Waals surface area (Å²) in [6, 6.07) is 9.20. The van der Waals surface area contributed by atoms with Crippen LogP contribution in [0.3, 0.4) is 0 Å². The van der Waals surface area contributed by atoms with E-state index in [9.17, 15) is 14.7 Å². The summed E-state index contributed by atoms with van der Waals surface area (Å²) in [5, 5.41) is 13.1. The molecule has 152 valence electrons. The first kappa shape index (κ1) is 19.9. The molecule has 2 aromatic rings. The number of amides is 1. The van der Waals surface area contributed by atoms with E-state index in [1.165, 1.54) is 28.9 Å². The molecule has 1 N–H and O–H groups in total. The molecule has 1 aromatic carbocycles. The highest BCUT2D eigenvalue weighted by molar-refractivity contribution is 7.10. The van der Waals surface area contributed by atoms with Gasteiger partial charge in [-0.1, -0.05) is 18.2 Å². The van der Waals surface area contributed by atoms with E-state index in [4.69, 9.17) is 0 Å². The number of thiophene rings is 1. The van der Waals surface area contributed by atoms with E-state index in [2.05, 4.69) is 0 Å². The number of aryl methyl sites for hydroxylation is 2. The van der Waals surface area contributed by atoms with Gasteiger partial charge in [-0.2, -0.15) is 0 Å². The van der Waals surface area contributed by atoms with Crippen LogP contribution in [0.2, 0.25) is 0 Å². The van der Waals surface area contributed by atoms with Crippen molar-refractivity contribution < 1.29 is 14.7 Å². The molecule has 6 heteroatoms. The van der Waals surface area contributed by atoms with Crippen molar-refractivity contribution in [3.05, 3.63) is 62.9 Å². The summed E-state index contributed by atoms with van der Waals surface area (Å²) < 4.78 is 0. The zero-order valence-corrected chi connectivity index (χ0v) is 17.7. The molecule has 5 nitrogen and oxygen atoms in total. The van der Waals surface area contributed by atoms with Crippen molar-refractivity contribution in [3.8, 4) is 0 Å². The number of aliphatic hydroxyl groups is 1. The summed E-state index contributed by atoms with van der Waals surface area (Å²) in [7, 11) is 3.87. The van der Waals surface area contributed by atoms with Gasteiger partial charge in [0.25, 0.3) is 11.7 Å². The predicted octanol–water partition coefficient (Wildman–Crippen LogP) is 3.61. The standard InChI is InChI=1S/C23H26N2O3S/c1-24(2)11-12-25-20(18-8-5-13-29-18)19(22(27)23(25)28)21(26)17-10-9-15-6-3-4-7-16(15)14-17/h5,8-10,13-14,20,26H,3-4,6-7,11-12H2,1-2H3/b21-19-. The van der Waals surface area contributed by atoms with Crippen LogP contribution in [0.25, 0.3) is 5.76 Å². The number of carbonyl (C=O) groups is 2. The van der Waals surface area contributed by atoms with Crippen LogP contribution in [0.1, 0.15) is 40.5 Å². The minimum absolute atomic E-state index is 0.0672. The number of Topliss-reactive ketones (excluding diaryl/α,β-unsaturated/α-hetero) is 1. The second kappa shape index (κ2) is 8.13. The van der Waals surface area contributed by atoms with Gasteiger partial charge in [-0.3, -0.25) is 9.59 Å². The van der Waals surface area contributed by atoms with E-state index in [-0.39, 0.29) is 11.3 Å². The largest absolute Gasteiger partial charge is 0.507 e. The Balaban J connectivity index is 1.79. The number of rotatable bonds is 5. The van der Waals surface area contributed by atoms with Gasteiger partial charge in [0.05, 0.1) is 11.6 Å². The molecular weight excluding hydrogens is 384 g/mol. The van der Waals surface area contributed by atoms with Gasteiger partial charge in [-0.25, -0.2) is 0 Å². The highest BCUT2D eigenvalue weighted by atomic mass is 32.1. The number of hydrogen-bond acceptors (Lipinski definition) is 5. The fourth-order valence-electron chi connectivity index (χ4n) is 4.20. The van der Waals surface area contributed by atoms with Gasteiger partial charge in [0.1, 0.15) is 5.76 Å². The lowest BCUT2D eigenvalue weighted by atomic mass is 9.89. The van der Waals surface area contributed by atoms with Gasteiger partial charge in [0, 0.05) is 23.5 Å². The van der Waals surface area contributed by atoms with Gasteiger partial charge in [-0.05, 0) is 68.4 Å². The molecule has 1 unspecified atom stereocenters. The predicted molar refractivity (Wildman–Crippen MR) is 115 cm³/mol. The Morgan fingerprint density at radius 1 is 1.17 bits per heavy atom. The summed E-state index contributed by atoms with van der Waals surface area (Å²) in [6.07, 6.45) is 4.37. The first-order valence-electron chi connectivity index (χ1n) is 10.1. The Morgan fingerprint density at radius 3 is 2.62 bits per heavy atom. The molecule has 1 aliphatic carbocycles. The zero-order valence-electron chi connectivity index (χ0n) is 16.9. The first-order valence-corrected chi connectivity index (χ1v) is 10.9. The molecule has 0 spiro atoms. The zero-order chi connectivity index (χ0) is 20.5. The van der Waals surface area contributed by atoms with Crippen molar-refractivity contribution in [2.24, 2.45) is 0 Å². The van der Waals surface area contributed by atoms with E-state index in [0.717, 1.165) is 24.1 Å². The monoisotopic (exact) mass is 410 g/mol. The Morgan fingerprint density at radius 2 is 1.93 bits per heavy atom. The summed E-state index contributed by atoms with van der Waals surface area (Å²) in [4.78, 5) is 30.2. The topological polar surface area (TPSA) is 60.9 Å². The molecule has 1 aromatic heterocycles. The maximum Gasteiger partial charge on any atom is 0.295 e. The van der Waals surface area contributed by atoms with Gasteiger partial charge < -0.3 is 14.9 Å². The third-order valence-electron chi connectivity index (χ3n) is 5.76. The molecule has 2 heterocycles. The molecule has 1 amide bonds. The first-order chi connectivity index (χ1) is 14.0. The molecule has 1 atom stereocenters. The fourth-order valence-corrected chi connectivity index (χ4v) is 5.04. The van der Waals surface area contributed by atoms with Crippen molar-refractivity contribution in [1.82, 2.24) is 9.80 Å². The van der Waals surface area contributed by atoms with Crippen LogP contribution >= 0.6 is 11.3 Å². The smallest absolute Gasteiger partial charge is 0.295 e. The number of hydrogen-bond donors (Lipinski definition) is 1. The fraction of sp³-hybridized carbons (Fsp3) is 0.391. The van der Waals surface area contributed by atoms with Crippen LogP contribution in [0.5, 0.6) is 0 Å². The van der Waals surface area contributed by atoms with E-state index in [0.29, 0.717) is 18.7 Å². The van der Waals surface area contributed by atoms with Crippen molar-refractivity contribution in [2.75, 3.05) is 27.2 Å². The van der Waals surface area contributed by atoms with E-state index < -0.39 is 17.7 Å². The van der Waals surface area contributed by atoms with E-state index >= 15 is 0 Å². The Hall–Kier alpha value is -2.44. The Kier molecular flexibility index (Phi) is 5.56. The summed E-state index contributed by atoms with van der Waals surface area (Å²) in [5.41, 5.74) is 3.37. The van der Waals surface area contributed by atoms with Crippen LogP contribution in [-0.2, 0) is 22.4 Å². The average molecular weight is 411 g/mol. The van der Waals surface area contributed by atoms with Crippen molar-refractivity contribution in [1.29, 1.82) is 0 Å². The second-order valence-corrected chi connectivity index (χ2v) is 8.98. The second-order valence-electron chi connectivity index (χ2n) is 8.00. The molecular formula is C23H26N2O3S. The maximum atomic E-state index is 13.0. The van der Waals surface area contributed by atoms with Crippen LogP contribution < -0.4 is 0 Å². The lowest BCUT2D eigenvalue weighted by Gasteiger charge is -2.25. The van der Waals surface area contributed by atoms with E-state index in [1.54, 1.807) is 4.90 Å². The van der Waals surface area contributed by atoms with Gasteiger partial charge >= 0.3 is 0 Å². The maximum absolute atomic E-state index is 13.0. The number of nitrogens with zero attached hydrogens (tertiary/aromatic N) is 2. The minimum Gasteiger partial charge on any atom is -0.507 e. The summed E-state index contributed by atoms with van der Waals surface area (Å²) in [5.74, 6) is -1.20. The Labute approximate surface area is 175 Å². The highest BCUT2D eigenvalue weighted by Crippen LogP contribution is 2.41. The third-order valence-corrected chi connectivity index (χ3v) is 6.69. The minimum atomic E-state index is -0.600. The van der Waals surface area contributed by atoms with Crippen LogP contribution in [0.4, 0.5) is 0 Å². The highest BCUT2D eigenvalue weighted by Gasteiger charge is 2.46. The van der Waals surface area contributed by atoms with Crippen molar-refractivity contribution in [3.63, 3.8) is 0 Å². The normalized spacial score (nSPS) is 21.1. The van der Waals surface area contributed by atoms with E-state index in [1.807, 2.05) is 54.7 Å². The van der Waals surface area contributed by atoms with Gasteiger partial charge in [-0.15, -0.1) is 11.3 Å². The number of aliphatic hydroxyl groups excluding tert-OH is 1. The Bertz CT molecular complexity index is 963. The van der Waals surface area contributed by atoms with Crippen LogP contribution in [0.15, 0.2) is 41.3 Å². The lowest BCUT2D eigenvalue weighted by Crippen LogP contribution is -2.35. The SMILES string of the molecule is CN(C)CCN1C(=O)C(=O)/C(=C(\O)c2ccc3c(c2)CCCC3)C1c1cccs1. The number of fused-ring (bicyclic) bond motifs is 1. The van der Waals surface area contributed by atoms with Crippen molar-refractivity contribution >= 4 is 28.8 Å². The van der Waals surface area contributed by atoms with Crippen LogP contribution in [-0.4, -0.2) is 53.8 Å². The number of likely N-dealkylation sites (N-methyl/N-ethyl adjacent to an activating group) is 1. The third kappa shape index (κ3) is 3.74. The summed E-state index contributed by atoms with van der Waals surface area (Å²) >= 11 is 1.50. The summed E-state index contributed by atoms with van der Waals surface area (Å²) in [6.45, 7) is 1.08. The number of carbonyl (C=O) groups excluding carboxylic acids is 2. The molecule has 1 saturated heterocycles. The molecule has 29 heavy (non-hydrogen) atoms. The van der Waals surface area contributed by atoms with Crippen molar-refractivity contribution in [2.45, 2.75) is 31.7 Å². The lowest BCUT2D eigenvalue weighted by molar-refractivity contribution is -0.140. The molecule has 0 radical (unpaired) electrons. The molecule has 1 fully saturated rings. The molecule has 0 bridgehead atoms. The average Bonchev–Trinajstić information content (AvgIpc) is 3.33. The number of ketones is 1. The van der Waals surface area contributed by atoms with Crippen LogP contribution in [0, 0.1) is 0 Å². The van der Waals surface area contributed by atoms with Gasteiger partial charge in [0.15, 0.2) is 0 Å². The quantitative estimate of drug-likeness (QED) is 0.465. The molecule has 2 aliphatic rings. The molecule has 0 saturated carbocycles.